The number of amides is 2. The molecule has 1 saturated carbocycles. The molecule has 8 nitrogen and oxygen atoms in total. The number of likely N-dealkylation sites (N-methyl/N-ethyl adjacent to an activating group) is 1. The number of nitrogens with one attached hydrogen (secondary N) is 1. The van der Waals surface area contributed by atoms with E-state index in [0.717, 1.165) is 37.7 Å². The molecular weight excluding hydrogens is 448 g/mol. The van der Waals surface area contributed by atoms with E-state index in [1.807, 2.05) is 37.3 Å². The molecule has 0 spiro atoms. The third-order valence-corrected chi connectivity index (χ3v) is 6.56. The fourth-order valence-corrected chi connectivity index (χ4v) is 4.23. The minimum Gasteiger partial charge on any atom is -0.493 e. The Balaban J connectivity index is 1.74. The van der Waals surface area contributed by atoms with Crippen molar-refractivity contribution in [1.29, 1.82) is 0 Å². The summed E-state index contributed by atoms with van der Waals surface area (Å²) >= 11 is 0. The monoisotopic (exact) mass is 482 g/mol. The molecule has 1 aliphatic carbocycles. The van der Waals surface area contributed by atoms with Crippen LogP contribution in [-0.2, 0) is 14.3 Å². The van der Waals surface area contributed by atoms with Crippen molar-refractivity contribution in [2.45, 2.75) is 45.1 Å². The molecule has 1 aliphatic rings. The van der Waals surface area contributed by atoms with Crippen molar-refractivity contribution in [3.05, 3.63) is 53.6 Å². The normalized spacial score (nSPS) is 14.5. The van der Waals surface area contributed by atoms with E-state index < -0.39 is 12.6 Å². The molecule has 1 N–H and O–H groups in total. The molecule has 1 fully saturated rings. The van der Waals surface area contributed by atoms with Crippen LogP contribution in [0.5, 0.6) is 11.5 Å². The summed E-state index contributed by atoms with van der Waals surface area (Å²) in [6.45, 7) is 1.47. The van der Waals surface area contributed by atoms with Crippen LogP contribution in [0.2, 0.25) is 0 Å². The Morgan fingerprint density at radius 1 is 1.00 bits per heavy atom. The Labute approximate surface area is 206 Å². The second-order valence-electron chi connectivity index (χ2n) is 8.74. The molecule has 188 valence electrons. The summed E-state index contributed by atoms with van der Waals surface area (Å²) in [5, 5.41) is 2.87. The van der Waals surface area contributed by atoms with Gasteiger partial charge in [0.25, 0.3) is 5.91 Å². The van der Waals surface area contributed by atoms with E-state index in [9.17, 15) is 14.4 Å². The number of methoxy groups -OCH3 is 2. The molecule has 0 saturated heterocycles. The number of esters is 1. The highest BCUT2D eigenvalue weighted by Gasteiger charge is 2.26. The standard InChI is InChI=1S/C27H34N2O6/c1-18(19-11-7-5-8-12-19)29(2)25(30)17-35-27(32)21-15-23(33-3)24(34-4)16-22(21)28-26(31)20-13-9-6-10-14-20/h5,7-8,11-12,15-16,18,20H,6,9-10,13-14,17H2,1-4H3,(H,28,31). The number of nitrogens with zero attached hydrogens (tertiary/aromatic N) is 1. The topological polar surface area (TPSA) is 94.2 Å². The lowest BCUT2D eigenvalue weighted by Crippen LogP contribution is -2.33. The zero-order chi connectivity index (χ0) is 25.4. The maximum atomic E-state index is 13.0. The molecule has 1 unspecified atom stereocenters. The molecule has 2 aromatic rings. The van der Waals surface area contributed by atoms with Gasteiger partial charge in [-0.3, -0.25) is 9.59 Å². The van der Waals surface area contributed by atoms with Gasteiger partial charge < -0.3 is 24.4 Å². The lowest BCUT2D eigenvalue weighted by atomic mass is 9.88. The first-order valence-corrected chi connectivity index (χ1v) is 11.9. The number of benzene rings is 2. The summed E-state index contributed by atoms with van der Waals surface area (Å²) in [4.78, 5) is 40.1. The number of hydrogen-bond acceptors (Lipinski definition) is 6. The third kappa shape index (κ3) is 6.53. The highest BCUT2D eigenvalue weighted by Crippen LogP contribution is 2.35. The van der Waals surface area contributed by atoms with Crippen molar-refractivity contribution in [2.75, 3.05) is 33.2 Å². The van der Waals surface area contributed by atoms with E-state index in [2.05, 4.69) is 5.32 Å². The van der Waals surface area contributed by atoms with Crippen LogP contribution in [-0.4, -0.2) is 50.6 Å². The molecule has 35 heavy (non-hydrogen) atoms. The molecule has 2 amide bonds. The number of hydrogen-bond donors (Lipinski definition) is 1. The van der Waals surface area contributed by atoms with Gasteiger partial charge in [0, 0.05) is 25.1 Å². The van der Waals surface area contributed by atoms with Gasteiger partial charge in [0.05, 0.1) is 31.5 Å². The fraction of sp³-hybridized carbons (Fsp3) is 0.444. The fourth-order valence-electron chi connectivity index (χ4n) is 4.23. The minimum absolute atomic E-state index is 0.0957. The van der Waals surface area contributed by atoms with Crippen molar-refractivity contribution < 1.29 is 28.6 Å². The van der Waals surface area contributed by atoms with Crippen LogP contribution in [0, 0.1) is 5.92 Å². The highest BCUT2D eigenvalue weighted by molar-refractivity contribution is 6.03. The smallest absolute Gasteiger partial charge is 0.340 e. The molecule has 0 radical (unpaired) electrons. The first-order valence-electron chi connectivity index (χ1n) is 11.9. The summed E-state index contributed by atoms with van der Waals surface area (Å²) in [7, 11) is 4.60. The maximum absolute atomic E-state index is 13.0. The van der Waals surface area contributed by atoms with Crippen molar-refractivity contribution in [3.63, 3.8) is 0 Å². The summed E-state index contributed by atoms with van der Waals surface area (Å²) in [6, 6.07) is 12.4. The van der Waals surface area contributed by atoms with E-state index in [4.69, 9.17) is 14.2 Å². The second-order valence-corrected chi connectivity index (χ2v) is 8.74. The molecule has 0 heterocycles. The molecule has 3 rings (SSSR count). The summed E-state index contributed by atoms with van der Waals surface area (Å²) in [6.07, 6.45) is 4.79. The van der Waals surface area contributed by atoms with Crippen LogP contribution < -0.4 is 14.8 Å². The van der Waals surface area contributed by atoms with Crippen LogP contribution in [0.1, 0.15) is 61.0 Å². The minimum atomic E-state index is -0.737. The molecule has 2 aromatic carbocycles. The van der Waals surface area contributed by atoms with Gasteiger partial charge in [-0.2, -0.15) is 0 Å². The molecule has 0 aromatic heterocycles. The maximum Gasteiger partial charge on any atom is 0.340 e. The number of carbonyl (C=O) groups excluding carboxylic acids is 3. The van der Waals surface area contributed by atoms with Crippen LogP contribution in [0.4, 0.5) is 5.69 Å². The van der Waals surface area contributed by atoms with Gasteiger partial charge in [0.15, 0.2) is 18.1 Å². The molecular formula is C27H34N2O6. The predicted octanol–water partition coefficient (Wildman–Crippen LogP) is 4.60. The molecule has 0 aliphatic heterocycles. The van der Waals surface area contributed by atoms with Gasteiger partial charge in [-0.1, -0.05) is 49.6 Å². The van der Waals surface area contributed by atoms with Crippen molar-refractivity contribution in [2.24, 2.45) is 5.92 Å². The lowest BCUT2D eigenvalue weighted by molar-refractivity contribution is -0.135. The van der Waals surface area contributed by atoms with Crippen LogP contribution in [0.25, 0.3) is 0 Å². The van der Waals surface area contributed by atoms with Crippen molar-refractivity contribution in [1.82, 2.24) is 4.90 Å². The van der Waals surface area contributed by atoms with Gasteiger partial charge in [-0.05, 0) is 25.3 Å². The van der Waals surface area contributed by atoms with Gasteiger partial charge in [-0.25, -0.2) is 4.79 Å². The number of ether oxygens (including phenoxy) is 3. The molecule has 0 bridgehead atoms. The Hall–Kier alpha value is -3.55. The Bertz CT molecular complexity index is 1030. The second kappa shape index (κ2) is 12.2. The summed E-state index contributed by atoms with van der Waals surface area (Å²) < 4.78 is 16.0. The van der Waals surface area contributed by atoms with Crippen molar-refractivity contribution in [3.8, 4) is 11.5 Å². The van der Waals surface area contributed by atoms with Crippen LogP contribution in [0.3, 0.4) is 0 Å². The highest BCUT2D eigenvalue weighted by atomic mass is 16.5. The van der Waals surface area contributed by atoms with Gasteiger partial charge >= 0.3 is 5.97 Å². The number of carbonyl (C=O) groups is 3. The van der Waals surface area contributed by atoms with E-state index in [-0.39, 0.29) is 35.0 Å². The largest absolute Gasteiger partial charge is 0.493 e. The Morgan fingerprint density at radius 3 is 2.26 bits per heavy atom. The zero-order valence-electron chi connectivity index (χ0n) is 20.8. The van der Waals surface area contributed by atoms with E-state index in [1.165, 1.54) is 25.2 Å². The third-order valence-electron chi connectivity index (χ3n) is 6.56. The first-order chi connectivity index (χ1) is 16.8. The zero-order valence-corrected chi connectivity index (χ0v) is 20.8. The Morgan fingerprint density at radius 2 is 1.63 bits per heavy atom. The van der Waals surface area contributed by atoms with E-state index in [1.54, 1.807) is 13.1 Å². The van der Waals surface area contributed by atoms with Crippen molar-refractivity contribution >= 4 is 23.5 Å². The SMILES string of the molecule is COc1cc(NC(=O)C2CCCCC2)c(C(=O)OCC(=O)N(C)C(C)c2ccccc2)cc1OC. The molecule has 1 atom stereocenters. The summed E-state index contributed by atoms with van der Waals surface area (Å²) in [5.74, 6) is -0.636. The molecule has 8 heteroatoms. The number of rotatable bonds is 9. The van der Waals surface area contributed by atoms with Crippen LogP contribution in [0.15, 0.2) is 42.5 Å². The van der Waals surface area contributed by atoms with Gasteiger partial charge in [-0.15, -0.1) is 0 Å². The average Bonchev–Trinajstić information content (AvgIpc) is 2.91. The Kier molecular flexibility index (Phi) is 9.11. The van der Waals surface area contributed by atoms with Gasteiger partial charge in [0.1, 0.15) is 0 Å². The quantitative estimate of drug-likeness (QED) is 0.525. The van der Waals surface area contributed by atoms with E-state index in [0.29, 0.717) is 11.5 Å². The van der Waals surface area contributed by atoms with Crippen LogP contribution >= 0.6 is 0 Å². The summed E-state index contributed by atoms with van der Waals surface area (Å²) in [5.41, 5.74) is 1.34. The van der Waals surface area contributed by atoms with Gasteiger partial charge in [0.2, 0.25) is 5.91 Å². The predicted molar refractivity (Wildman–Crippen MR) is 133 cm³/mol. The first kappa shape index (κ1) is 26.1. The average molecular weight is 483 g/mol. The van der Waals surface area contributed by atoms with E-state index >= 15 is 0 Å². The lowest BCUT2D eigenvalue weighted by Gasteiger charge is -2.25. The number of anilines is 1.